The van der Waals surface area contributed by atoms with Gasteiger partial charge in [-0.1, -0.05) is 18.5 Å². The highest BCUT2D eigenvalue weighted by atomic mass is 35.5. The van der Waals surface area contributed by atoms with E-state index in [0.717, 1.165) is 12.1 Å². The number of aryl methyl sites for hydroxylation is 1. The monoisotopic (exact) mass is 266 g/mol. The molecule has 2 rings (SSSR count). The molecule has 0 unspecified atom stereocenters. The van der Waals surface area contributed by atoms with Gasteiger partial charge in [-0.3, -0.25) is 0 Å². The number of hydrogen-bond acceptors (Lipinski definition) is 4. The van der Waals surface area contributed by atoms with Crippen LogP contribution in [0.2, 0.25) is 5.02 Å². The molecule has 4 nitrogen and oxygen atoms in total. The van der Waals surface area contributed by atoms with E-state index in [9.17, 15) is 4.39 Å². The summed E-state index contributed by atoms with van der Waals surface area (Å²) in [5.74, 6) is 5.87. The van der Waals surface area contributed by atoms with Crippen LogP contribution in [0.15, 0.2) is 24.3 Å². The number of nitrogen functional groups attached to an aromatic ring is 1. The van der Waals surface area contributed by atoms with Gasteiger partial charge < -0.3 is 5.43 Å². The van der Waals surface area contributed by atoms with Crippen LogP contribution in [0.25, 0.3) is 11.4 Å². The second-order valence-electron chi connectivity index (χ2n) is 3.69. The van der Waals surface area contributed by atoms with Crippen molar-refractivity contribution in [1.82, 2.24) is 9.97 Å². The first kappa shape index (κ1) is 12.7. The lowest BCUT2D eigenvalue weighted by atomic mass is 10.2. The fourth-order valence-corrected chi connectivity index (χ4v) is 1.80. The number of hydrazine groups is 1. The Kier molecular flexibility index (Phi) is 3.74. The molecule has 0 amide bonds. The third-order valence-electron chi connectivity index (χ3n) is 2.46. The summed E-state index contributed by atoms with van der Waals surface area (Å²) in [6.07, 6.45) is 0.739. The normalized spacial score (nSPS) is 10.4. The zero-order valence-corrected chi connectivity index (χ0v) is 10.5. The van der Waals surface area contributed by atoms with E-state index >= 15 is 0 Å². The molecule has 0 bridgehead atoms. The Morgan fingerprint density at radius 1 is 1.33 bits per heavy atom. The van der Waals surface area contributed by atoms with Gasteiger partial charge >= 0.3 is 0 Å². The van der Waals surface area contributed by atoms with Crippen molar-refractivity contribution in [3.05, 3.63) is 40.8 Å². The molecule has 0 radical (unpaired) electrons. The van der Waals surface area contributed by atoms with Gasteiger partial charge in [-0.15, -0.1) is 0 Å². The number of nitrogens with two attached hydrogens (primary N) is 1. The fraction of sp³-hybridized carbons (Fsp3) is 0.167. The minimum atomic E-state index is -0.396. The van der Waals surface area contributed by atoms with E-state index < -0.39 is 5.82 Å². The van der Waals surface area contributed by atoms with E-state index in [0.29, 0.717) is 17.2 Å². The maximum atomic E-state index is 13.0. The van der Waals surface area contributed by atoms with Gasteiger partial charge in [0.2, 0.25) is 0 Å². The largest absolute Gasteiger partial charge is 0.308 e. The molecule has 1 aromatic heterocycles. The summed E-state index contributed by atoms with van der Waals surface area (Å²) in [5.41, 5.74) is 3.88. The Bertz CT molecular complexity index is 552. The molecule has 2 aromatic rings. The highest BCUT2D eigenvalue weighted by Crippen LogP contribution is 2.26. The summed E-state index contributed by atoms with van der Waals surface area (Å²) in [5, 5.41) is 0.270. The summed E-state index contributed by atoms with van der Waals surface area (Å²) < 4.78 is 13.0. The van der Waals surface area contributed by atoms with Crippen molar-refractivity contribution in [1.29, 1.82) is 0 Å². The molecule has 6 heteroatoms. The van der Waals surface area contributed by atoms with Gasteiger partial charge in [-0.05, 0) is 24.6 Å². The molecule has 94 valence electrons. The summed E-state index contributed by atoms with van der Waals surface area (Å²) in [6.45, 7) is 1.97. The van der Waals surface area contributed by atoms with Gasteiger partial charge in [0.25, 0.3) is 0 Å². The molecule has 0 aliphatic heterocycles. The molecule has 0 aliphatic rings. The van der Waals surface area contributed by atoms with Crippen LogP contribution in [-0.2, 0) is 6.42 Å². The van der Waals surface area contributed by atoms with Crippen LogP contribution >= 0.6 is 11.6 Å². The first-order chi connectivity index (χ1) is 8.63. The van der Waals surface area contributed by atoms with E-state index in [2.05, 4.69) is 15.4 Å². The van der Waals surface area contributed by atoms with Crippen LogP contribution in [0.3, 0.4) is 0 Å². The van der Waals surface area contributed by atoms with E-state index in [-0.39, 0.29) is 5.02 Å². The number of benzene rings is 1. The average molecular weight is 267 g/mol. The molecule has 1 heterocycles. The van der Waals surface area contributed by atoms with Crippen molar-refractivity contribution in [3.63, 3.8) is 0 Å². The molecular formula is C12H12ClFN4. The number of aromatic nitrogens is 2. The van der Waals surface area contributed by atoms with Crippen molar-refractivity contribution >= 4 is 17.4 Å². The summed E-state index contributed by atoms with van der Waals surface area (Å²) in [4.78, 5) is 8.55. The third-order valence-corrected chi connectivity index (χ3v) is 2.77. The molecule has 0 saturated heterocycles. The minimum Gasteiger partial charge on any atom is -0.308 e. The van der Waals surface area contributed by atoms with Gasteiger partial charge in [0.05, 0.1) is 5.02 Å². The van der Waals surface area contributed by atoms with Gasteiger partial charge in [-0.2, -0.15) is 0 Å². The number of nitrogens with one attached hydrogen (secondary N) is 1. The molecule has 1 aromatic carbocycles. The highest BCUT2D eigenvalue weighted by molar-refractivity contribution is 6.33. The Balaban J connectivity index is 2.55. The first-order valence-corrected chi connectivity index (χ1v) is 5.82. The molecule has 0 fully saturated rings. The van der Waals surface area contributed by atoms with Crippen LogP contribution in [0, 0.1) is 5.82 Å². The summed E-state index contributed by atoms with van der Waals surface area (Å²) in [7, 11) is 0. The maximum Gasteiger partial charge on any atom is 0.163 e. The quantitative estimate of drug-likeness (QED) is 0.662. The molecule has 0 spiro atoms. The topological polar surface area (TPSA) is 63.8 Å². The van der Waals surface area contributed by atoms with Crippen molar-refractivity contribution in [2.24, 2.45) is 5.84 Å². The molecule has 0 aliphatic carbocycles. The second kappa shape index (κ2) is 5.29. The van der Waals surface area contributed by atoms with E-state index in [4.69, 9.17) is 17.4 Å². The average Bonchev–Trinajstić information content (AvgIpc) is 2.38. The second-order valence-corrected chi connectivity index (χ2v) is 4.10. The van der Waals surface area contributed by atoms with Gasteiger partial charge in [0.15, 0.2) is 5.82 Å². The number of hydrogen-bond donors (Lipinski definition) is 2. The number of halogens is 2. The van der Waals surface area contributed by atoms with Crippen LogP contribution in [0.4, 0.5) is 10.2 Å². The highest BCUT2D eigenvalue weighted by Gasteiger charge is 2.10. The Labute approximate surface area is 109 Å². The van der Waals surface area contributed by atoms with E-state index in [1.54, 1.807) is 12.1 Å². The summed E-state index contributed by atoms with van der Waals surface area (Å²) in [6, 6.07) is 5.85. The molecular weight excluding hydrogens is 255 g/mol. The predicted molar refractivity (Wildman–Crippen MR) is 69.6 cm³/mol. The van der Waals surface area contributed by atoms with Gasteiger partial charge in [0.1, 0.15) is 11.6 Å². The van der Waals surface area contributed by atoms with E-state index in [1.807, 2.05) is 6.92 Å². The van der Waals surface area contributed by atoms with Crippen molar-refractivity contribution in [2.45, 2.75) is 13.3 Å². The fourth-order valence-electron chi connectivity index (χ4n) is 1.54. The number of anilines is 1. The lowest BCUT2D eigenvalue weighted by Crippen LogP contribution is -2.10. The van der Waals surface area contributed by atoms with Crippen LogP contribution in [0.5, 0.6) is 0 Å². The minimum absolute atomic E-state index is 0.270. The van der Waals surface area contributed by atoms with Crippen molar-refractivity contribution in [2.75, 3.05) is 5.43 Å². The van der Waals surface area contributed by atoms with Crippen molar-refractivity contribution in [3.8, 4) is 11.4 Å². The first-order valence-electron chi connectivity index (χ1n) is 5.44. The number of rotatable bonds is 3. The lowest BCUT2D eigenvalue weighted by molar-refractivity contribution is 0.628. The molecule has 0 saturated carbocycles. The van der Waals surface area contributed by atoms with Crippen molar-refractivity contribution < 1.29 is 4.39 Å². The molecule has 18 heavy (non-hydrogen) atoms. The molecule has 0 atom stereocenters. The Hall–Kier alpha value is -1.72. The zero-order valence-electron chi connectivity index (χ0n) is 9.74. The smallest absolute Gasteiger partial charge is 0.163 e. The Morgan fingerprint density at radius 3 is 2.72 bits per heavy atom. The summed E-state index contributed by atoms with van der Waals surface area (Å²) >= 11 is 5.98. The van der Waals surface area contributed by atoms with Crippen LogP contribution < -0.4 is 11.3 Å². The van der Waals surface area contributed by atoms with E-state index in [1.165, 1.54) is 12.1 Å². The number of nitrogens with zero attached hydrogens (tertiary/aromatic N) is 2. The lowest BCUT2D eigenvalue weighted by Gasteiger charge is -2.08. The Morgan fingerprint density at radius 2 is 2.11 bits per heavy atom. The predicted octanol–water partition coefficient (Wildman–Crippen LogP) is 2.78. The zero-order chi connectivity index (χ0) is 13.1. The molecule has 3 N–H and O–H groups in total. The third kappa shape index (κ3) is 2.57. The van der Waals surface area contributed by atoms with Gasteiger partial charge in [0, 0.05) is 17.3 Å². The SMILES string of the molecule is CCc1cc(NN)nc(-c2ccc(F)cc2Cl)n1. The standard InChI is InChI=1S/C12H12ClFN4/c1-2-8-6-11(18-15)17-12(16-8)9-4-3-7(14)5-10(9)13/h3-6H,2,15H2,1H3,(H,16,17,18). The maximum absolute atomic E-state index is 13.0. The van der Waals surface area contributed by atoms with Gasteiger partial charge in [-0.25, -0.2) is 20.2 Å². The van der Waals surface area contributed by atoms with Crippen LogP contribution in [0.1, 0.15) is 12.6 Å². The van der Waals surface area contributed by atoms with Crippen LogP contribution in [-0.4, -0.2) is 9.97 Å².